The number of ether oxygens (including phenoxy) is 2. The Balaban J connectivity index is 1.18. The lowest BCUT2D eigenvalue weighted by atomic mass is 9.94. The first-order valence-corrected chi connectivity index (χ1v) is 12.7. The fourth-order valence-electron chi connectivity index (χ4n) is 5.39. The average molecular weight is 514 g/mol. The van der Waals surface area contributed by atoms with Crippen molar-refractivity contribution in [2.75, 3.05) is 13.2 Å². The number of rotatable bonds is 10. The van der Waals surface area contributed by atoms with Crippen LogP contribution in [0.4, 0.5) is 0 Å². The number of aliphatic hydroxyl groups is 1. The normalized spacial score (nSPS) is 22.1. The molecule has 0 bridgehead atoms. The molecule has 3 aromatic rings. The summed E-state index contributed by atoms with van der Waals surface area (Å²) in [4.78, 5) is 11.6. The molecule has 36 heavy (non-hydrogen) atoms. The van der Waals surface area contributed by atoms with Crippen molar-refractivity contribution in [2.45, 2.75) is 63.9 Å². The number of furan rings is 1. The van der Waals surface area contributed by atoms with Crippen LogP contribution < -0.4 is 10.1 Å². The van der Waals surface area contributed by atoms with Gasteiger partial charge in [0.25, 0.3) is 0 Å². The summed E-state index contributed by atoms with van der Waals surface area (Å²) in [6, 6.07) is 9.94. The molecule has 1 saturated carbocycles. The summed E-state index contributed by atoms with van der Waals surface area (Å²) >= 11 is 6.60. The minimum atomic E-state index is -0.860. The SMILES string of the molecule is Cc1cc(Cl)c([C@@H](C)OC[C@H](O)CNC(C)(C)Cc2ccc3occc3c2)c2c1O[C@@H]1[C@@H](C(=O)O)[C@H]21. The zero-order valence-electron chi connectivity index (χ0n) is 20.9. The molecule has 2 heterocycles. The van der Waals surface area contributed by atoms with Gasteiger partial charge < -0.3 is 29.4 Å². The highest BCUT2D eigenvalue weighted by Crippen LogP contribution is 2.62. The second kappa shape index (κ2) is 9.38. The number of carbonyl (C=O) groups is 1. The molecule has 0 saturated heterocycles. The number of aliphatic carboxylic acids is 1. The van der Waals surface area contributed by atoms with E-state index in [4.69, 9.17) is 25.5 Å². The summed E-state index contributed by atoms with van der Waals surface area (Å²) in [6.07, 6.45) is 0.988. The van der Waals surface area contributed by atoms with Crippen LogP contribution in [0.5, 0.6) is 5.75 Å². The monoisotopic (exact) mass is 513 g/mol. The van der Waals surface area contributed by atoms with E-state index in [9.17, 15) is 15.0 Å². The standard InChI is InChI=1S/C28H32ClNO6/c1-14-9-19(29)21(22-23-24(27(32)33)26(23)36-25(14)22)15(2)35-13-18(31)12-30-28(3,4)11-16-5-6-20-17(10-16)7-8-34-20/h5-10,15,18,23-24,26,30-31H,11-13H2,1-4H3,(H,32,33)/t15-,18-,23+,24+,26+/m1/s1. The maximum absolute atomic E-state index is 11.6. The number of aryl methyl sites for hydroxylation is 1. The van der Waals surface area contributed by atoms with Crippen molar-refractivity contribution in [3.8, 4) is 5.75 Å². The number of β-amino-alcohol motifs (C(OH)–C–C–N with tert-alkyl or cyclic N) is 1. The maximum Gasteiger partial charge on any atom is 0.311 e. The van der Waals surface area contributed by atoms with Gasteiger partial charge in [0.05, 0.1) is 25.1 Å². The highest BCUT2D eigenvalue weighted by molar-refractivity contribution is 6.31. The van der Waals surface area contributed by atoms with Crippen molar-refractivity contribution in [1.29, 1.82) is 0 Å². The van der Waals surface area contributed by atoms with E-state index in [0.717, 1.165) is 39.8 Å². The Morgan fingerprint density at radius 1 is 1.28 bits per heavy atom. The Morgan fingerprint density at radius 2 is 2.06 bits per heavy atom. The zero-order chi connectivity index (χ0) is 25.8. The molecule has 0 spiro atoms. The van der Waals surface area contributed by atoms with Gasteiger partial charge >= 0.3 is 5.97 Å². The van der Waals surface area contributed by atoms with E-state index >= 15 is 0 Å². The second-order valence-corrected chi connectivity index (χ2v) is 11.1. The number of halogens is 1. The van der Waals surface area contributed by atoms with Gasteiger partial charge in [-0.2, -0.15) is 0 Å². The van der Waals surface area contributed by atoms with Gasteiger partial charge in [-0.05, 0) is 69.5 Å². The molecule has 192 valence electrons. The Kier molecular flexibility index (Phi) is 6.53. The molecule has 1 aliphatic heterocycles. The van der Waals surface area contributed by atoms with Crippen molar-refractivity contribution < 1.29 is 28.9 Å². The lowest BCUT2D eigenvalue weighted by Gasteiger charge is -2.28. The molecule has 2 aromatic carbocycles. The van der Waals surface area contributed by atoms with Gasteiger partial charge in [0.15, 0.2) is 0 Å². The third kappa shape index (κ3) is 4.73. The molecule has 3 N–H and O–H groups in total. The Morgan fingerprint density at radius 3 is 2.81 bits per heavy atom. The van der Waals surface area contributed by atoms with Gasteiger partial charge in [-0.25, -0.2) is 0 Å². The van der Waals surface area contributed by atoms with E-state index in [1.165, 1.54) is 5.56 Å². The fraction of sp³-hybridized carbons (Fsp3) is 0.464. The Hall–Kier alpha value is -2.58. The average Bonchev–Trinajstić information content (AvgIpc) is 3.11. The quantitative estimate of drug-likeness (QED) is 0.350. The third-order valence-corrected chi connectivity index (χ3v) is 7.56. The van der Waals surface area contributed by atoms with E-state index in [-0.39, 0.29) is 24.2 Å². The number of aliphatic hydroxyl groups excluding tert-OH is 1. The van der Waals surface area contributed by atoms with Gasteiger partial charge in [0.1, 0.15) is 23.4 Å². The number of carboxylic acid groups (broad SMARTS) is 1. The lowest BCUT2D eigenvalue weighted by molar-refractivity contribution is -0.139. The molecule has 5 atom stereocenters. The summed E-state index contributed by atoms with van der Waals surface area (Å²) in [6.45, 7) is 8.46. The van der Waals surface area contributed by atoms with E-state index in [2.05, 4.69) is 31.3 Å². The number of hydrogen-bond donors (Lipinski definition) is 3. The van der Waals surface area contributed by atoms with Crippen molar-refractivity contribution in [1.82, 2.24) is 5.32 Å². The van der Waals surface area contributed by atoms with Crippen LogP contribution in [0, 0.1) is 12.8 Å². The van der Waals surface area contributed by atoms with Crippen molar-refractivity contribution >= 4 is 28.5 Å². The lowest BCUT2D eigenvalue weighted by Crippen LogP contribution is -2.46. The van der Waals surface area contributed by atoms with Gasteiger partial charge in [-0.15, -0.1) is 0 Å². The largest absolute Gasteiger partial charge is 0.488 e. The van der Waals surface area contributed by atoms with E-state index in [1.807, 2.05) is 32.0 Å². The van der Waals surface area contributed by atoms with E-state index in [0.29, 0.717) is 11.6 Å². The number of carboxylic acids is 1. The first-order valence-electron chi connectivity index (χ1n) is 12.3. The summed E-state index contributed by atoms with van der Waals surface area (Å²) < 4.78 is 17.4. The summed E-state index contributed by atoms with van der Waals surface area (Å²) in [5.41, 5.74) is 4.30. The Labute approximate surface area is 215 Å². The van der Waals surface area contributed by atoms with Crippen LogP contribution in [0.3, 0.4) is 0 Å². The van der Waals surface area contributed by atoms with Crippen LogP contribution in [0.1, 0.15) is 55.0 Å². The highest BCUT2D eigenvalue weighted by atomic mass is 35.5. The van der Waals surface area contributed by atoms with Gasteiger partial charge in [0.2, 0.25) is 0 Å². The topological polar surface area (TPSA) is 101 Å². The number of nitrogens with one attached hydrogen (secondary N) is 1. The van der Waals surface area contributed by atoms with Crippen LogP contribution in [0.15, 0.2) is 41.0 Å². The minimum Gasteiger partial charge on any atom is -0.488 e. The van der Waals surface area contributed by atoms with Crippen molar-refractivity contribution in [3.63, 3.8) is 0 Å². The summed E-state index contributed by atoms with van der Waals surface area (Å²) in [5.74, 6) is -0.895. The van der Waals surface area contributed by atoms with Crippen LogP contribution in [0.2, 0.25) is 5.02 Å². The number of benzene rings is 2. The predicted molar refractivity (Wildman–Crippen MR) is 137 cm³/mol. The van der Waals surface area contributed by atoms with Gasteiger partial charge in [-0.1, -0.05) is 17.7 Å². The molecule has 1 aliphatic carbocycles. The first-order chi connectivity index (χ1) is 17.1. The van der Waals surface area contributed by atoms with Crippen molar-refractivity contribution in [2.24, 2.45) is 5.92 Å². The molecule has 5 rings (SSSR count). The summed E-state index contributed by atoms with van der Waals surface area (Å²) in [5, 5.41) is 25.2. The van der Waals surface area contributed by atoms with Crippen LogP contribution >= 0.6 is 11.6 Å². The van der Waals surface area contributed by atoms with Crippen LogP contribution in [0.25, 0.3) is 11.0 Å². The number of hydrogen-bond acceptors (Lipinski definition) is 6. The summed E-state index contributed by atoms with van der Waals surface area (Å²) in [7, 11) is 0. The molecule has 1 fully saturated rings. The van der Waals surface area contributed by atoms with E-state index in [1.54, 1.807) is 6.26 Å². The van der Waals surface area contributed by atoms with Crippen LogP contribution in [-0.4, -0.2) is 47.1 Å². The maximum atomic E-state index is 11.6. The second-order valence-electron chi connectivity index (χ2n) is 10.7. The smallest absolute Gasteiger partial charge is 0.311 e. The van der Waals surface area contributed by atoms with Crippen molar-refractivity contribution in [3.05, 3.63) is 63.9 Å². The molecule has 0 amide bonds. The minimum absolute atomic E-state index is 0.113. The Bertz CT molecular complexity index is 1300. The molecule has 2 aliphatic rings. The fourth-order valence-corrected chi connectivity index (χ4v) is 5.81. The van der Waals surface area contributed by atoms with Gasteiger partial charge in [-0.3, -0.25) is 4.79 Å². The van der Waals surface area contributed by atoms with E-state index < -0.39 is 24.1 Å². The number of fused-ring (bicyclic) bond motifs is 4. The molecule has 0 radical (unpaired) electrons. The predicted octanol–water partition coefficient (Wildman–Crippen LogP) is 5.00. The third-order valence-electron chi connectivity index (χ3n) is 7.24. The molecule has 0 unspecified atom stereocenters. The molecule has 1 aromatic heterocycles. The van der Waals surface area contributed by atoms with Crippen LogP contribution in [-0.2, 0) is 16.0 Å². The highest BCUT2D eigenvalue weighted by Gasteiger charge is 2.64. The van der Waals surface area contributed by atoms with Gasteiger partial charge in [0, 0.05) is 39.5 Å². The molecule has 7 nitrogen and oxygen atoms in total. The molecular formula is C28H32ClNO6. The molecule has 8 heteroatoms. The zero-order valence-corrected chi connectivity index (χ0v) is 21.6. The molecular weight excluding hydrogens is 482 g/mol. The first kappa shape index (κ1) is 25.1.